The highest BCUT2D eigenvalue weighted by atomic mass is 32.2. The van der Waals surface area contributed by atoms with Gasteiger partial charge in [-0.3, -0.25) is 4.90 Å². The Labute approximate surface area is 124 Å². The van der Waals surface area contributed by atoms with Gasteiger partial charge in [-0.15, -0.1) is 0 Å². The molecule has 1 fully saturated rings. The van der Waals surface area contributed by atoms with Crippen molar-refractivity contribution in [1.29, 1.82) is 0 Å². The number of piperazine rings is 1. The first-order chi connectivity index (χ1) is 9.36. The molecule has 1 unspecified atom stereocenters. The minimum absolute atomic E-state index is 0.283. The lowest BCUT2D eigenvalue weighted by Gasteiger charge is -2.38. The number of sulfonamides is 1. The molecule has 0 aromatic heterocycles. The van der Waals surface area contributed by atoms with Crippen LogP contribution in [0.25, 0.3) is 0 Å². The maximum atomic E-state index is 12.3. The largest absolute Gasteiger partial charge is 0.315 e. The van der Waals surface area contributed by atoms with Gasteiger partial charge in [0, 0.05) is 31.7 Å². The minimum atomic E-state index is -3.07. The molecule has 1 aliphatic rings. The quantitative estimate of drug-likeness (QED) is 0.683. The molecule has 1 N–H and O–H groups in total. The summed E-state index contributed by atoms with van der Waals surface area (Å²) in [5, 5.41) is 3.32. The second-order valence-corrected chi connectivity index (χ2v) is 8.06. The van der Waals surface area contributed by atoms with Gasteiger partial charge in [-0.25, -0.2) is 8.42 Å². The van der Waals surface area contributed by atoms with Crippen LogP contribution in [0.3, 0.4) is 0 Å². The average molecular weight is 305 g/mol. The summed E-state index contributed by atoms with van der Waals surface area (Å²) in [6, 6.07) is 0.792. The Morgan fingerprint density at radius 3 is 2.50 bits per heavy atom. The van der Waals surface area contributed by atoms with Gasteiger partial charge in [0.2, 0.25) is 10.0 Å². The van der Waals surface area contributed by atoms with Crippen LogP contribution in [-0.4, -0.2) is 68.2 Å². The van der Waals surface area contributed by atoms with Crippen molar-refractivity contribution in [3.05, 3.63) is 0 Å². The minimum Gasteiger partial charge on any atom is -0.315 e. The van der Waals surface area contributed by atoms with Crippen LogP contribution < -0.4 is 5.32 Å². The highest BCUT2D eigenvalue weighted by molar-refractivity contribution is 7.89. The fourth-order valence-corrected chi connectivity index (χ4v) is 4.24. The van der Waals surface area contributed by atoms with Crippen molar-refractivity contribution in [3.63, 3.8) is 0 Å². The highest BCUT2D eigenvalue weighted by Crippen LogP contribution is 2.14. The average Bonchev–Trinajstić information content (AvgIpc) is 2.37. The monoisotopic (exact) mass is 305 g/mol. The molecule has 0 bridgehead atoms. The normalized spacial score (nSPS) is 22.6. The fourth-order valence-electron chi connectivity index (χ4n) is 2.61. The summed E-state index contributed by atoms with van der Waals surface area (Å²) in [6.45, 7) is 12.5. The molecule has 0 amide bonds. The third-order valence-corrected chi connectivity index (χ3v) is 5.83. The van der Waals surface area contributed by atoms with Crippen LogP contribution in [0.2, 0.25) is 0 Å². The van der Waals surface area contributed by atoms with E-state index in [9.17, 15) is 8.42 Å². The summed E-state index contributed by atoms with van der Waals surface area (Å²) < 4.78 is 26.3. The zero-order valence-corrected chi connectivity index (χ0v) is 14.2. The first-order valence-corrected chi connectivity index (χ1v) is 9.43. The molecule has 120 valence electrons. The van der Waals surface area contributed by atoms with Gasteiger partial charge >= 0.3 is 0 Å². The number of likely N-dealkylation sites (N-methyl/N-ethyl adjacent to an activating group) is 1. The van der Waals surface area contributed by atoms with E-state index in [0.717, 1.165) is 32.5 Å². The molecule has 1 rings (SSSR count). The summed E-state index contributed by atoms with van der Waals surface area (Å²) in [5.74, 6) is 0.283. The van der Waals surface area contributed by atoms with Crippen molar-refractivity contribution >= 4 is 10.0 Å². The van der Waals surface area contributed by atoms with Gasteiger partial charge in [-0.2, -0.15) is 4.31 Å². The lowest BCUT2D eigenvalue weighted by molar-refractivity contribution is 0.135. The number of rotatable bonds is 8. The molecule has 6 heteroatoms. The Hall–Kier alpha value is -0.170. The molecule has 1 heterocycles. The molecule has 0 aromatic rings. The SMILES string of the molecule is CCN1CCN(S(=O)(=O)CCCCNC(C)C)CC1C. The number of hydrogen-bond donors (Lipinski definition) is 1. The van der Waals surface area contributed by atoms with E-state index in [4.69, 9.17) is 0 Å². The van der Waals surface area contributed by atoms with Crippen LogP contribution in [-0.2, 0) is 10.0 Å². The van der Waals surface area contributed by atoms with E-state index in [1.54, 1.807) is 4.31 Å². The van der Waals surface area contributed by atoms with Crippen molar-refractivity contribution in [3.8, 4) is 0 Å². The van der Waals surface area contributed by atoms with Crippen LogP contribution in [0.1, 0.15) is 40.5 Å². The molecule has 0 aliphatic carbocycles. The highest BCUT2D eigenvalue weighted by Gasteiger charge is 2.29. The summed E-state index contributed by atoms with van der Waals surface area (Å²) in [6.07, 6.45) is 1.66. The van der Waals surface area contributed by atoms with E-state index in [-0.39, 0.29) is 5.75 Å². The molecule has 1 atom stereocenters. The lowest BCUT2D eigenvalue weighted by atomic mass is 10.2. The van der Waals surface area contributed by atoms with Gasteiger partial charge in [0.05, 0.1) is 5.75 Å². The maximum absolute atomic E-state index is 12.3. The van der Waals surface area contributed by atoms with Gasteiger partial charge < -0.3 is 5.32 Å². The van der Waals surface area contributed by atoms with Crippen LogP contribution in [0.4, 0.5) is 0 Å². The van der Waals surface area contributed by atoms with Gasteiger partial charge in [0.15, 0.2) is 0 Å². The van der Waals surface area contributed by atoms with Crippen LogP contribution in [0.15, 0.2) is 0 Å². The van der Waals surface area contributed by atoms with E-state index in [1.165, 1.54) is 0 Å². The van der Waals surface area contributed by atoms with E-state index in [0.29, 0.717) is 25.2 Å². The van der Waals surface area contributed by atoms with E-state index in [2.05, 4.69) is 37.9 Å². The Kier molecular flexibility index (Phi) is 7.43. The Morgan fingerprint density at radius 1 is 1.25 bits per heavy atom. The standard InChI is InChI=1S/C14H31N3O2S/c1-5-16-9-10-17(12-14(16)4)20(18,19)11-7-6-8-15-13(2)3/h13-15H,5-12H2,1-4H3. The Morgan fingerprint density at radius 2 is 1.95 bits per heavy atom. The van der Waals surface area contributed by atoms with Crippen LogP contribution >= 0.6 is 0 Å². The van der Waals surface area contributed by atoms with Gasteiger partial charge in [0.1, 0.15) is 0 Å². The molecule has 1 saturated heterocycles. The summed E-state index contributed by atoms with van der Waals surface area (Å²) in [7, 11) is -3.07. The first kappa shape index (κ1) is 17.9. The molecule has 0 aromatic carbocycles. The molecule has 0 radical (unpaired) electrons. The molecule has 1 aliphatic heterocycles. The molecule has 0 spiro atoms. The number of unbranched alkanes of at least 4 members (excludes halogenated alkanes) is 1. The third-order valence-electron chi connectivity index (χ3n) is 3.91. The van der Waals surface area contributed by atoms with E-state index < -0.39 is 10.0 Å². The zero-order valence-electron chi connectivity index (χ0n) is 13.4. The van der Waals surface area contributed by atoms with E-state index in [1.807, 2.05) is 0 Å². The van der Waals surface area contributed by atoms with Crippen molar-refractivity contribution in [2.45, 2.75) is 52.6 Å². The van der Waals surface area contributed by atoms with Crippen molar-refractivity contribution in [2.75, 3.05) is 38.5 Å². The predicted molar refractivity (Wildman–Crippen MR) is 84.4 cm³/mol. The zero-order chi connectivity index (χ0) is 15.2. The summed E-state index contributed by atoms with van der Waals surface area (Å²) in [5.41, 5.74) is 0. The molecule has 20 heavy (non-hydrogen) atoms. The maximum Gasteiger partial charge on any atom is 0.214 e. The van der Waals surface area contributed by atoms with Gasteiger partial charge in [-0.1, -0.05) is 20.8 Å². The van der Waals surface area contributed by atoms with Crippen molar-refractivity contribution < 1.29 is 8.42 Å². The number of hydrogen-bond acceptors (Lipinski definition) is 4. The van der Waals surface area contributed by atoms with E-state index >= 15 is 0 Å². The van der Waals surface area contributed by atoms with Crippen LogP contribution in [0.5, 0.6) is 0 Å². The first-order valence-electron chi connectivity index (χ1n) is 7.82. The molecule has 0 saturated carbocycles. The summed E-state index contributed by atoms with van der Waals surface area (Å²) in [4.78, 5) is 2.33. The third kappa shape index (κ3) is 5.68. The number of nitrogens with zero attached hydrogens (tertiary/aromatic N) is 2. The van der Waals surface area contributed by atoms with Gasteiger partial charge in [0.25, 0.3) is 0 Å². The second-order valence-electron chi connectivity index (χ2n) is 5.97. The van der Waals surface area contributed by atoms with Crippen molar-refractivity contribution in [2.24, 2.45) is 0 Å². The Bertz CT molecular complexity index is 371. The molecular formula is C14H31N3O2S. The molecule has 5 nitrogen and oxygen atoms in total. The second kappa shape index (κ2) is 8.32. The topological polar surface area (TPSA) is 52.7 Å². The lowest BCUT2D eigenvalue weighted by Crippen LogP contribution is -2.53. The molecular weight excluding hydrogens is 274 g/mol. The van der Waals surface area contributed by atoms with Crippen LogP contribution in [0, 0.1) is 0 Å². The predicted octanol–water partition coefficient (Wildman–Crippen LogP) is 1.12. The van der Waals surface area contributed by atoms with Gasteiger partial charge in [-0.05, 0) is 32.9 Å². The fraction of sp³-hybridized carbons (Fsp3) is 1.00. The summed E-state index contributed by atoms with van der Waals surface area (Å²) >= 11 is 0. The Balaban J connectivity index is 2.34. The number of nitrogens with one attached hydrogen (secondary N) is 1. The smallest absolute Gasteiger partial charge is 0.214 e. The van der Waals surface area contributed by atoms with Crippen molar-refractivity contribution in [1.82, 2.24) is 14.5 Å².